The molecule has 1 fully saturated rings. The van der Waals surface area contributed by atoms with Crippen molar-refractivity contribution in [2.75, 3.05) is 11.9 Å². The van der Waals surface area contributed by atoms with E-state index in [1.807, 2.05) is 66.5 Å². The van der Waals surface area contributed by atoms with Crippen LogP contribution in [-0.4, -0.2) is 34.1 Å². The summed E-state index contributed by atoms with van der Waals surface area (Å²) in [5.41, 5.74) is 2.69. The van der Waals surface area contributed by atoms with Gasteiger partial charge >= 0.3 is 5.97 Å². The second kappa shape index (κ2) is 8.80. The topological polar surface area (TPSA) is 73.2 Å². The highest BCUT2D eigenvalue weighted by molar-refractivity contribution is 8.19. The van der Waals surface area contributed by atoms with Gasteiger partial charge in [0.05, 0.1) is 28.5 Å². The summed E-state index contributed by atoms with van der Waals surface area (Å²) in [4.78, 5) is 35.1. The van der Waals surface area contributed by atoms with E-state index in [4.69, 9.17) is 0 Å². The number of hydrogen-bond acceptors (Lipinski definition) is 6. The number of para-hydroxylation sites is 1. The number of fused-ring (bicyclic) bond motifs is 1. The Morgan fingerprint density at radius 2 is 1.73 bits per heavy atom. The Balaban J connectivity index is 1.56. The van der Waals surface area contributed by atoms with Gasteiger partial charge in [-0.25, -0.2) is 9.79 Å². The standard InChI is InChI=1S/C25H19N3O3S2/c1-27-19-12-5-6-13-20(19)32-23(27)21-22(29)28(15-16-8-3-2-4-9-16)25(33-21)26-18-11-7-10-17(14-18)24(30)31/h2-14H,15H2,1H3,(H,30,31)/b23-21-,26-25-. The van der Waals surface area contributed by atoms with Crippen LogP contribution >= 0.6 is 23.5 Å². The lowest BCUT2D eigenvalue weighted by molar-refractivity contribution is -0.122. The number of amidine groups is 1. The maximum Gasteiger partial charge on any atom is 0.335 e. The highest BCUT2D eigenvalue weighted by Crippen LogP contribution is 2.50. The SMILES string of the molecule is CN1/C(=C2/S/C(=N\c3cccc(C(=O)O)c3)N(Cc3ccccc3)C2=O)Sc2ccccc21. The van der Waals surface area contributed by atoms with E-state index in [-0.39, 0.29) is 11.5 Å². The van der Waals surface area contributed by atoms with Crippen molar-refractivity contribution >= 4 is 51.9 Å². The van der Waals surface area contributed by atoms with Crippen molar-refractivity contribution in [3.63, 3.8) is 0 Å². The van der Waals surface area contributed by atoms with Crippen LogP contribution in [0.5, 0.6) is 0 Å². The molecule has 33 heavy (non-hydrogen) atoms. The van der Waals surface area contributed by atoms with Gasteiger partial charge in [0.1, 0.15) is 4.91 Å². The van der Waals surface area contributed by atoms with E-state index in [0.717, 1.165) is 21.2 Å². The molecule has 0 spiro atoms. The van der Waals surface area contributed by atoms with Crippen LogP contribution in [0.3, 0.4) is 0 Å². The van der Waals surface area contributed by atoms with E-state index in [1.54, 1.807) is 28.8 Å². The summed E-state index contributed by atoms with van der Waals surface area (Å²) in [6.07, 6.45) is 0. The first-order valence-corrected chi connectivity index (χ1v) is 11.8. The molecule has 3 aromatic rings. The zero-order chi connectivity index (χ0) is 22.9. The summed E-state index contributed by atoms with van der Waals surface area (Å²) in [7, 11) is 1.96. The minimum Gasteiger partial charge on any atom is -0.478 e. The summed E-state index contributed by atoms with van der Waals surface area (Å²) >= 11 is 2.90. The van der Waals surface area contributed by atoms with Crippen molar-refractivity contribution < 1.29 is 14.7 Å². The Hall–Kier alpha value is -3.49. The molecule has 0 aliphatic carbocycles. The van der Waals surface area contributed by atoms with Gasteiger partial charge in [0, 0.05) is 11.9 Å². The van der Waals surface area contributed by atoms with Crippen LogP contribution in [0.25, 0.3) is 0 Å². The average Bonchev–Trinajstić information content (AvgIpc) is 3.31. The maximum absolute atomic E-state index is 13.6. The molecular formula is C25H19N3O3S2. The van der Waals surface area contributed by atoms with E-state index in [0.29, 0.717) is 22.3 Å². The van der Waals surface area contributed by atoms with Gasteiger partial charge in [-0.1, -0.05) is 60.3 Å². The highest BCUT2D eigenvalue weighted by atomic mass is 32.2. The largest absolute Gasteiger partial charge is 0.478 e. The fraction of sp³-hybridized carbons (Fsp3) is 0.0800. The van der Waals surface area contributed by atoms with Crippen LogP contribution in [-0.2, 0) is 11.3 Å². The predicted octanol–water partition coefficient (Wildman–Crippen LogP) is 5.56. The lowest BCUT2D eigenvalue weighted by atomic mass is 10.2. The molecule has 2 heterocycles. The quantitative estimate of drug-likeness (QED) is 0.500. The summed E-state index contributed by atoms with van der Waals surface area (Å²) < 4.78 is 0. The third-order valence-corrected chi connectivity index (χ3v) is 7.73. The van der Waals surface area contributed by atoms with Gasteiger partial charge < -0.3 is 10.0 Å². The van der Waals surface area contributed by atoms with E-state index in [2.05, 4.69) is 4.99 Å². The van der Waals surface area contributed by atoms with Crippen LogP contribution in [0.1, 0.15) is 15.9 Å². The first kappa shape index (κ1) is 21.4. The molecule has 164 valence electrons. The molecule has 6 nitrogen and oxygen atoms in total. The second-order valence-corrected chi connectivity index (χ2v) is 9.50. The predicted molar refractivity (Wildman–Crippen MR) is 133 cm³/mol. The molecule has 0 atom stereocenters. The molecule has 0 saturated carbocycles. The third-order valence-electron chi connectivity index (χ3n) is 5.30. The minimum atomic E-state index is -1.02. The highest BCUT2D eigenvalue weighted by Gasteiger charge is 2.39. The van der Waals surface area contributed by atoms with Crippen molar-refractivity contribution in [1.29, 1.82) is 0 Å². The van der Waals surface area contributed by atoms with Gasteiger partial charge in [-0.05, 0) is 47.7 Å². The van der Waals surface area contributed by atoms with Gasteiger partial charge in [-0.2, -0.15) is 0 Å². The van der Waals surface area contributed by atoms with Crippen molar-refractivity contribution in [3.8, 4) is 0 Å². The molecule has 5 rings (SSSR count). The van der Waals surface area contributed by atoms with Crippen LogP contribution < -0.4 is 4.90 Å². The number of hydrogen-bond donors (Lipinski definition) is 1. The van der Waals surface area contributed by atoms with E-state index in [9.17, 15) is 14.7 Å². The Morgan fingerprint density at radius 1 is 0.970 bits per heavy atom. The van der Waals surface area contributed by atoms with Gasteiger partial charge in [0.15, 0.2) is 5.17 Å². The number of rotatable bonds is 4. The fourth-order valence-electron chi connectivity index (χ4n) is 3.64. The first-order chi connectivity index (χ1) is 16.0. The summed E-state index contributed by atoms with van der Waals surface area (Å²) in [6, 6.07) is 24.2. The van der Waals surface area contributed by atoms with Crippen molar-refractivity contribution in [3.05, 3.63) is 99.9 Å². The smallest absolute Gasteiger partial charge is 0.335 e. The number of anilines is 1. The minimum absolute atomic E-state index is 0.112. The number of aliphatic imine (C=N–C) groups is 1. The molecule has 2 aliphatic rings. The molecule has 0 radical (unpaired) electrons. The number of nitrogens with zero attached hydrogens (tertiary/aromatic N) is 3. The van der Waals surface area contributed by atoms with E-state index in [1.165, 1.54) is 23.9 Å². The monoisotopic (exact) mass is 473 g/mol. The van der Waals surface area contributed by atoms with Crippen molar-refractivity contribution in [2.24, 2.45) is 4.99 Å². The Labute approximate surface area is 199 Å². The molecule has 3 aromatic carbocycles. The summed E-state index contributed by atoms with van der Waals surface area (Å²) in [6.45, 7) is 0.377. The molecule has 8 heteroatoms. The number of thioether (sulfide) groups is 2. The molecular weight excluding hydrogens is 454 g/mol. The number of carbonyl (C=O) groups excluding carboxylic acids is 1. The molecule has 1 amide bonds. The Morgan fingerprint density at radius 3 is 2.48 bits per heavy atom. The third kappa shape index (κ3) is 4.15. The summed E-state index contributed by atoms with van der Waals surface area (Å²) in [5.74, 6) is -1.13. The average molecular weight is 474 g/mol. The number of carboxylic acids is 1. The normalized spacial score (nSPS) is 18.8. The lowest BCUT2D eigenvalue weighted by Crippen LogP contribution is -2.29. The zero-order valence-corrected chi connectivity index (χ0v) is 19.3. The molecule has 1 saturated heterocycles. The Bertz CT molecular complexity index is 1320. The van der Waals surface area contributed by atoms with Crippen molar-refractivity contribution in [1.82, 2.24) is 4.90 Å². The van der Waals surface area contributed by atoms with Crippen LogP contribution in [0.15, 0.2) is 98.7 Å². The van der Waals surface area contributed by atoms with Crippen LogP contribution in [0.2, 0.25) is 0 Å². The van der Waals surface area contributed by atoms with E-state index < -0.39 is 5.97 Å². The van der Waals surface area contributed by atoms with Gasteiger partial charge in [0.2, 0.25) is 0 Å². The molecule has 2 aliphatic heterocycles. The first-order valence-electron chi connectivity index (χ1n) is 10.2. The fourth-order valence-corrected chi connectivity index (χ4v) is 5.99. The van der Waals surface area contributed by atoms with Gasteiger partial charge in [0.25, 0.3) is 5.91 Å². The maximum atomic E-state index is 13.6. The van der Waals surface area contributed by atoms with Gasteiger partial charge in [-0.3, -0.25) is 9.69 Å². The van der Waals surface area contributed by atoms with E-state index >= 15 is 0 Å². The number of benzene rings is 3. The number of aromatic carboxylic acids is 1. The van der Waals surface area contributed by atoms with Gasteiger partial charge in [-0.15, -0.1) is 0 Å². The van der Waals surface area contributed by atoms with Crippen molar-refractivity contribution in [2.45, 2.75) is 11.4 Å². The molecule has 1 N–H and O–H groups in total. The molecule has 0 bridgehead atoms. The summed E-state index contributed by atoms with van der Waals surface area (Å²) in [5, 5.41) is 10.7. The number of amides is 1. The lowest BCUT2D eigenvalue weighted by Gasteiger charge is -2.17. The molecule has 0 unspecified atom stereocenters. The zero-order valence-electron chi connectivity index (χ0n) is 17.6. The number of carboxylic acid groups (broad SMARTS) is 1. The Kier molecular flexibility index (Phi) is 5.70. The van der Waals surface area contributed by atoms with Crippen LogP contribution in [0, 0.1) is 0 Å². The molecule has 0 aromatic heterocycles. The number of carbonyl (C=O) groups is 2. The van der Waals surface area contributed by atoms with Crippen LogP contribution in [0.4, 0.5) is 11.4 Å². The second-order valence-electron chi connectivity index (χ2n) is 7.49.